The molecule has 0 amide bonds. The fourth-order valence-electron chi connectivity index (χ4n) is 0.694. The van der Waals surface area contributed by atoms with Gasteiger partial charge in [-0.1, -0.05) is 0 Å². The summed E-state index contributed by atoms with van der Waals surface area (Å²) in [6.07, 6.45) is 2.57. The Morgan fingerprint density at radius 3 is 2.64 bits per heavy atom. The Morgan fingerprint density at radius 2 is 2.18 bits per heavy atom. The Labute approximate surface area is 63.9 Å². The highest BCUT2D eigenvalue weighted by atomic mass is 16.4. The minimum atomic E-state index is -1.05. The lowest BCUT2D eigenvalue weighted by molar-refractivity contribution is 0.0688. The number of hydrogen-bond acceptors (Lipinski definition) is 3. The van der Waals surface area contributed by atoms with Gasteiger partial charge in [0.05, 0.1) is 11.4 Å². The van der Waals surface area contributed by atoms with Gasteiger partial charge in [-0.05, 0) is 13.8 Å². The molecule has 0 atom stereocenters. The SMILES string of the molecule is Cc1[c]nc(C)c(C(=O)O)n1. The number of carboxylic acid groups (broad SMARTS) is 1. The predicted octanol–water partition coefficient (Wildman–Crippen LogP) is 0.592. The number of carbonyl (C=O) groups is 1. The molecule has 0 aliphatic rings. The Balaban J connectivity index is 3.23. The first-order chi connectivity index (χ1) is 5.11. The van der Waals surface area contributed by atoms with E-state index in [1.54, 1.807) is 13.8 Å². The van der Waals surface area contributed by atoms with Crippen molar-refractivity contribution in [1.29, 1.82) is 0 Å². The third-order valence-corrected chi connectivity index (χ3v) is 1.21. The maximum absolute atomic E-state index is 10.5. The summed E-state index contributed by atoms with van der Waals surface area (Å²) >= 11 is 0. The Bertz CT molecular complexity index is 296. The van der Waals surface area contributed by atoms with E-state index >= 15 is 0 Å². The summed E-state index contributed by atoms with van der Waals surface area (Å²) in [6, 6.07) is 0. The van der Waals surface area contributed by atoms with E-state index in [-0.39, 0.29) is 5.69 Å². The summed E-state index contributed by atoms with van der Waals surface area (Å²) in [4.78, 5) is 17.9. The Hall–Kier alpha value is -1.45. The average molecular weight is 151 g/mol. The normalized spacial score (nSPS) is 9.64. The lowest BCUT2D eigenvalue weighted by atomic mass is 10.3. The Morgan fingerprint density at radius 1 is 1.55 bits per heavy atom. The van der Waals surface area contributed by atoms with Gasteiger partial charge in [-0.2, -0.15) is 0 Å². The van der Waals surface area contributed by atoms with Crippen LogP contribution in [0.4, 0.5) is 0 Å². The van der Waals surface area contributed by atoms with Gasteiger partial charge in [-0.25, -0.2) is 14.8 Å². The molecule has 1 aromatic heterocycles. The second-order valence-corrected chi connectivity index (χ2v) is 2.16. The zero-order chi connectivity index (χ0) is 8.43. The van der Waals surface area contributed by atoms with Gasteiger partial charge < -0.3 is 5.11 Å². The number of aryl methyl sites for hydroxylation is 2. The van der Waals surface area contributed by atoms with E-state index in [1.807, 2.05) is 0 Å². The van der Waals surface area contributed by atoms with Crippen molar-refractivity contribution in [1.82, 2.24) is 9.97 Å². The van der Waals surface area contributed by atoms with Gasteiger partial charge in [-0.3, -0.25) is 0 Å². The smallest absolute Gasteiger partial charge is 0.356 e. The molecular formula is C7H7N2O2. The van der Waals surface area contributed by atoms with Crippen LogP contribution >= 0.6 is 0 Å². The van der Waals surface area contributed by atoms with E-state index in [2.05, 4.69) is 16.2 Å². The molecule has 1 aromatic rings. The summed E-state index contributed by atoms with van der Waals surface area (Å²) in [5.41, 5.74) is 0.886. The van der Waals surface area contributed by atoms with Gasteiger partial charge in [0.25, 0.3) is 0 Å². The molecule has 0 aliphatic heterocycles. The minimum absolute atomic E-state index is 0.00116. The van der Waals surface area contributed by atoms with Crippen LogP contribution in [0.1, 0.15) is 21.9 Å². The van der Waals surface area contributed by atoms with Crippen molar-refractivity contribution < 1.29 is 9.90 Å². The largest absolute Gasteiger partial charge is 0.476 e. The van der Waals surface area contributed by atoms with E-state index in [0.29, 0.717) is 11.4 Å². The molecule has 4 nitrogen and oxygen atoms in total. The summed E-state index contributed by atoms with van der Waals surface area (Å²) in [6.45, 7) is 3.24. The lowest BCUT2D eigenvalue weighted by Crippen LogP contribution is -2.06. The lowest BCUT2D eigenvalue weighted by Gasteiger charge is -1.97. The fraction of sp³-hybridized carbons (Fsp3) is 0.286. The number of rotatable bonds is 1. The van der Waals surface area contributed by atoms with E-state index in [4.69, 9.17) is 5.11 Å². The second kappa shape index (κ2) is 2.65. The number of nitrogens with zero attached hydrogens (tertiary/aromatic N) is 2. The van der Waals surface area contributed by atoms with E-state index < -0.39 is 5.97 Å². The van der Waals surface area contributed by atoms with Gasteiger partial charge in [0.2, 0.25) is 0 Å². The number of aromatic carboxylic acids is 1. The number of carboxylic acids is 1. The topological polar surface area (TPSA) is 63.1 Å². The second-order valence-electron chi connectivity index (χ2n) is 2.16. The molecule has 1 radical (unpaired) electrons. The van der Waals surface area contributed by atoms with Crippen LogP contribution in [0.3, 0.4) is 0 Å². The van der Waals surface area contributed by atoms with Crippen LogP contribution in [0.5, 0.6) is 0 Å². The van der Waals surface area contributed by atoms with Crippen LogP contribution in [-0.4, -0.2) is 21.0 Å². The molecular weight excluding hydrogens is 144 g/mol. The maximum atomic E-state index is 10.5. The predicted molar refractivity (Wildman–Crippen MR) is 37.3 cm³/mol. The van der Waals surface area contributed by atoms with Gasteiger partial charge >= 0.3 is 5.97 Å². The molecule has 0 aliphatic carbocycles. The maximum Gasteiger partial charge on any atom is 0.356 e. The zero-order valence-corrected chi connectivity index (χ0v) is 6.25. The third kappa shape index (κ3) is 1.52. The van der Waals surface area contributed by atoms with Crippen LogP contribution in [0, 0.1) is 20.0 Å². The highest BCUT2D eigenvalue weighted by Crippen LogP contribution is 2.00. The first-order valence-electron chi connectivity index (χ1n) is 3.07. The molecule has 0 unspecified atom stereocenters. The van der Waals surface area contributed by atoms with Crippen molar-refractivity contribution >= 4 is 5.97 Å². The van der Waals surface area contributed by atoms with Crippen LogP contribution < -0.4 is 0 Å². The number of hydrogen-bond donors (Lipinski definition) is 1. The average Bonchev–Trinajstić information content (AvgIpc) is 1.94. The standard InChI is InChI=1S/C7H7N2O2/c1-4-3-8-5(2)6(9-4)7(10)11/h1-2H3,(H,10,11). The molecule has 1 heterocycles. The van der Waals surface area contributed by atoms with E-state index in [0.717, 1.165) is 0 Å². The molecule has 11 heavy (non-hydrogen) atoms. The van der Waals surface area contributed by atoms with E-state index in [9.17, 15) is 4.79 Å². The van der Waals surface area contributed by atoms with Crippen molar-refractivity contribution in [3.63, 3.8) is 0 Å². The highest BCUT2D eigenvalue weighted by Gasteiger charge is 2.09. The summed E-state index contributed by atoms with van der Waals surface area (Å²) in [7, 11) is 0. The van der Waals surface area contributed by atoms with Crippen LogP contribution in [-0.2, 0) is 0 Å². The quantitative estimate of drug-likeness (QED) is 0.638. The van der Waals surface area contributed by atoms with Crippen molar-refractivity contribution in [2.24, 2.45) is 0 Å². The molecule has 0 saturated carbocycles. The molecule has 0 spiro atoms. The van der Waals surface area contributed by atoms with Gasteiger partial charge in [0, 0.05) is 0 Å². The highest BCUT2D eigenvalue weighted by molar-refractivity contribution is 5.86. The summed E-state index contributed by atoms with van der Waals surface area (Å²) < 4.78 is 0. The van der Waals surface area contributed by atoms with Crippen LogP contribution in [0.2, 0.25) is 0 Å². The van der Waals surface area contributed by atoms with Crippen molar-refractivity contribution in [3.8, 4) is 0 Å². The molecule has 0 aromatic carbocycles. The minimum Gasteiger partial charge on any atom is -0.476 e. The molecule has 57 valence electrons. The molecule has 0 bridgehead atoms. The first kappa shape index (κ1) is 7.65. The van der Waals surface area contributed by atoms with E-state index in [1.165, 1.54) is 0 Å². The zero-order valence-electron chi connectivity index (χ0n) is 6.25. The van der Waals surface area contributed by atoms with Crippen LogP contribution in [0.25, 0.3) is 0 Å². The molecule has 1 N–H and O–H groups in total. The molecule has 0 saturated heterocycles. The monoisotopic (exact) mass is 151 g/mol. The van der Waals surface area contributed by atoms with Crippen LogP contribution in [0.15, 0.2) is 0 Å². The molecule has 0 fully saturated rings. The van der Waals surface area contributed by atoms with Crippen molar-refractivity contribution in [2.45, 2.75) is 13.8 Å². The Kier molecular flexibility index (Phi) is 1.85. The van der Waals surface area contributed by atoms with Gasteiger partial charge in [-0.15, -0.1) is 0 Å². The molecule has 1 rings (SSSR count). The molecule has 4 heteroatoms. The van der Waals surface area contributed by atoms with Crippen molar-refractivity contribution in [2.75, 3.05) is 0 Å². The third-order valence-electron chi connectivity index (χ3n) is 1.21. The fourth-order valence-corrected chi connectivity index (χ4v) is 0.694. The first-order valence-corrected chi connectivity index (χ1v) is 3.07. The van der Waals surface area contributed by atoms with Crippen molar-refractivity contribution in [3.05, 3.63) is 23.3 Å². The summed E-state index contributed by atoms with van der Waals surface area (Å²) in [5.74, 6) is -1.05. The summed E-state index contributed by atoms with van der Waals surface area (Å²) in [5, 5.41) is 8.57. The number of aromatic nitrogens is 2. The van der Waals surface area contributed by atoms with Gasteiger partial charge in [0.1, 0.15) is 6.20 Å². The van der Waals surface area contributed by atoms with Gasteiger partial charge in [0.15, 0.2) is 5.69 Å².